The summed E-state index contributed by atoms with van der Waals surface area (Å²) < 4.78 is 11.6. The van der Waals surface area contributed by atoms with Crippen LogP contribution in [0.2, 0.25) is 0 Å². The predicted molar refractivity (Wildman–Crippen MR) is 159 cm³/mol. The zero-order chi connectivity index (χ0) is 28.8. The predicted octanol–water partition coefficient (Wildman–Crippen LogP) is 5.42. The maximum absolute atomic E-state index is 14.4. The van der Waals surface area contributed by atoms with E-state index in [1.165, 1.54) is 4.90 Å². The van der Waals surface area contributed by atoms with Gasteiger partial charge in [0.15, 0.2) is 6.10 Å². The summed E-state index contributed by atoms with van der Waals surface area (Å²) in [5.74, 6) is -2.33. The largest absolute Gasteiger partial charge is 0.497 e. The van der Waals surface area contributed by atoms with Crippen molar-refractivity contribution in [2.75, 3.05) is 16.9 Å². The van der Waals surface area contributed by atoms with Crippen molar-refractivity contribution in [3.05, 3.63) is 132 Å². The Morgan fingerprint density at radius 1 is 0.738 bits per heavy atom. The van der Waals surface area contributed by atoms with Gasteiger partial charge in [0.2, 0.25) is 11.8 Å². The van der Waals surface area contributed by atoms with E-state index < -0.39 is 41.9 Å². The van der Waals surface area contributed by atoms with Gasteiger partial charge in [0.25, 0.3) is 0 Å². The van der Waals surface area contributed by atoms with E-state index in [-0.39, 0.29) is 5.91 Å². The lowest BCUT2D eigenvalue weighted by Gasteiger charge is -2.36. The molecule has 208 valence electrons. The van der Waals surface area contributed by atoms with E-state index in [0.29, 0.717) is 11.4 Å². The van der Waals surface area contributed by atoms with Crippen molar-refractivity contribution in [2.24, 2.45) is 11.8 Å². The fourth-order valence-electron chi connectivity index (χ4n) is 6.54. The van der Waals surface area contributed by atoms with Crippen molar-refractivity contribution in [3.8, 4) is 5.75 Å². The van der Waals surface area contributed by atoms with Crippen molar-refractivity contribution in [3.63, 3.8) is 0 Å². The highest BCUT2D eigenvalue weighted by atomic mass is 16.5. The van der Waals surface area contributed by atoms with Gasteiger partial charge < -0.3 is 14.4 Å². The minimum Gasteiger partial charge on any atom is -0.497 e. The molecule has 0 spiro atoms. The Hall–Kier alpha value is -5.17. The normalized spacial score (nSPS) is 22.1. The second kappa shape index (κ2) is 10.3. The Kier molecular flexibility index (Phi) is 6.35. The van der Waals surface area contributed by atoms with Crippen molar-refractivity contribution >= 4 is 35.2 Å². The quantitative estimate of drug-likeness (QED) is 0.233. The molecule has 0 bridgehead atoms. The van der Waals surface area contributed by atoms with Crippen LogP contribution in [-0.2, 0) is 19.1 Å². The highest BCUT2D eigenvalue weighted by molar-refractivity contribution is 6.24. The third-order valence-electron chi connectivity index (χ3n) is 8.43. The van der Waals surface area contributed by atoms with Gasteiger partial charge in [-0.25, -0.2) is 9.69 Å². The average molecular weight is 557 g/mol. The third-order valence-corrected chi connectivity index (χ3v) is 8.43. The summed E-state index contributed by atoms with van der Waals surface area (Å²) in [5, 5.41) is 0. The van der Waals surface area contributed by atoms with E-state index in [9.17, 15) is 14.4 Å². The first-order valence-electron chi connectivity index (χ1n) is 13.9. The molecule has 0 unspecified atom stereocenters. The van der Waals surface area contributed by atoms with Gasteiger partial charge in [0, 0.05) is 5.69 Å². The van der Waals surface area contributed by atoms with Crippen LogP contribution in [0.5, 0.6) is 5.75 Å². The molecule has 2 amide bonds. The number of fused-ring (bicyclic) bond motifs is 5. The van der Waals surface area contributed by atoms with Crippen LogP contribution >= 0.6 is 0 Å². The van der Waals surface area contributed by atoms with Crippen molar-refractivity contribution < 1.29 is 23.9 Å². The average Bonchev–Trinajstić information content (AvgIpc) is 3.53. The second-order valence-electron chi connectivity index (χ2n) is 10.7. The molecule has 42 heavy (non-hydrogen) atoms. The number of hydrogen-bond acceptors (Lipinski definition) is 6. The van der Waals surface area contributed by atoms with Crippen molar-refractivity contribution in [1.29, 1.82) is 0 Å². The van der Waals surface area contributed by atoms with Gasteiger partial charge in [-0.1, -0.05) is 91.0 Å². The highest BCUT2D eigenvalue weighted by Crippen LogP contribution is 2.50. The van der Waals surface area contributed by atoms with Gasteiger partial charge in [-0.15, -0.1) is 0 Å². The molecule has 0 aromatic heterocycles. The zero-order valence-corrected chi connectivity index (χ0v) is 22.9. The molecule has 4 aromatic carbocycles. The van der Waals surface area contributed by atoms with Crippen LogP contribution in [-0.4, -0.2) is 37.0 Å². The van der Waals surface area contributed by atoms with Crippen LogP contribution in [0.25, 0.3) is 6.08 Å². The number of para-hydroxylation sites is 1. The molecule has 4 atom stereocenters. The molecule has 2 saturated heterocycles. The molecule has 0 N–H and O–H groups in total. The van der Waals surface area contributed by atoms with E-state index in [0.717, 1.165) is 22.4 Å². The molecule has 7 nitrogen and oxygen atoms in total. The van der Waals surface area contributed by atoms with Gasteiger partial charge >= 0.3 is 5.97 Å². The topological polar surface area (TPSA) is 76.1 Å². The van der Waals surface area contributed by atoms with E-state index in [1.807, 2.05) is 102 Å². The van der Waals surface area contributed by atoms with E-state index in [4.69, 9.17) is 9.47 Å². The first-order chi connectivity index (χ1) is 20.6. The van der Waals surface area contributed by atoms with Gasteiger partial charge in [0.1, 0.15) is 11.8 Å². The Morgan fingerprint density at radius 3 is 1.98 bits per heavy atom. The lowest BCUT2D eigenvalue weighted by atomic mass is 9.88. The number of anilines is 2. The minimum atomic E-state index is -0.999. The van der Waals surface area contributed by atoms with Crippen LogP contribution in [0.15, 0.2) is 115 Å². The first kappa shape index (κ1) is 25.8. The van der Waals surface area contributed by atoms with Crippen molar-refractivity contribution in [1.82, 2.24) is 0 Å². The number of methoxy groups -OCH3 is 1. The standard InChI is InChI=1S/C35H28N2O5/c1-41-26-19-17-25(18-20-26)36-33(38)29-28-21-16-22-10-8-9-15-27(22)37(28)31(30(29)34(36)39)35(40)42-32(23-11-4-2-5-12-23)24-13-6-3-7-14-24/h2-21,28-32H,1H3/t28-,29-,30-,31+/m0/s1. The third kappa shape index (κ3) is 4.08. The number of rotatable bonds is 6. The van der Waals surface area contributed by atoms with Crippen LogP contribution in [0.1, 0.15) is 22.8 Å². The summed E-state index contributed by atoms with van der Waals surface area (Å²) in [6.07, 6.45) is 3.21. The number of imide groups is 1. The number of carbonyl (C=O) groups excluding carboxylic acids is 3. The zero-order valence-electron chi connectivity index (χ0n) is 22.9. The maximum Gasteiger partial charge on any atom is 0.330 e. The Bertz CT molecular complexity index is 1650. The lowest BCUT2D eigenvalue weighted by molar-refractivity contribution is -0.151. The molecule has 4 aromatic rings. The SMILES string of the molecule is COc1ccc(N2C(=O)[C@@H]3[C@H](C2=O)[C@H](C(=O)OC(c2ccccc2)c2ccccc2)N2c4ccccc4C=C[C@@H]32)cc1. The molecule has 3 aliphatic heterocycles. The van der Waals surface area contributed by atoms with Gasteiger partial charge in [-0.05, 0) is 47.0 Å². The smallest absolute Gasteiger partial charge is 0.330 e. The number of nitrogens with zero attached hydrogens (tertiary/aromatic N) is 2. The number of carbonyl (C=O) groups is 3. The molecular formula is C35H28N2O5. The first-order valence-corrected chi connectivity index (χ1v) is 13.9. The second-order valence-corrected chi connectivity index (χ2v) is 10.7. The Labute approximate surface area is 243 Å². The molecule has 0 radical (unpaired) electrons. The van der Waals surface area contributed by atoms with E-state index in [2.05, 4.69) is 0 Å². The molecule has 7 rings (SSSR count). The summed E-state index contributed by atoms with van der Waals surface area (Å²) in [6, 6.07) is 32.1. The highest BCUT2D eigenvalue weighted by Gasteiger charge is 2.65. The number of amides is 2. The summed E-state index contributed by atoms with van der Waals surface area (Å²) in [6.45, 7) is 0. The summed E-state index contributed by atoms with van der Waals surface area (Å²) in [7, 11) is 1.56. The fourth-order valence-corrected chi connectivity index (χ4v) is 6.54. The number of esters is 1. The summed E-state index contributed by atoms with van der Waals surface area (Å²) >= 11 is 0. The van der Waals surface area contributed by atoms with Crippen LogP contribution in [0, 0.1) is 11.8 Å². The molecule has 3 heterocycles. The van der Waals surface area contributed by atoms with Crippen LogP contribution < -0.4 is 14.5 Å². The summed E-state index contributed by atoms with van der Waals surface area (Å²) in [4.78, 5) is 45.7. The van der Waals surface area contributed by atoms with Crippen LogP contribution in [0.4, 0.5) is 11.4 Å². The lowest BCUT2D eigenvalue weighted by Crippen LogP contribution is -2.49. The van der Waals surface area contributed by atoms with E-state index in [1.54, 1.807) is 31.4 Å². The molecule has 0 saturated carbocycles. The van der Waals surface area contributed by atoms with Gasteiger partial charge in [0.05, 0.1) is 30.7 Å². The van der Waals surface area contributed by atoms with Crippen molar-refractivity contribution in [2.45, 2.75) is 18.2 Å². The number of hydrogen-bond donors (Lipinski definition) is 0. The van der Waals surface area contributed by atoms with Gasteiger partial charge in [-0.3, -0.25) is 9.59 Å². The monoisotopic (exact) mass is 556 g/mol. The Balaban J connectivity index is 1.31. The minimum absolute atomic E-state index is 0.327. The maximum atomic E-state index is 14.4. The molecule has 7 heteroatoms. The van der Waals surface area contributed by atoms with Crippen LogP contribution in [0.3, 0.4) is 0 Å². The molecule has 3 aliphatic rings. The van der Waals surface area contributed by atoms with Gasteiger partial charge in [-0.2, -0.15) is 0 Å². The molecule has 0 aliphatic carbocycles. The molecule has 2 fully saturated rings. The number of benzene rings is 4. The summed E-state index contributed by atoms with van der Waals surface area (Å²) in [5.41, 5.74) is 3.80. The number of ether oxygens (including phenoxy) is 2. The molecular weight excluding hydrogens is 528 g/mol. The van der Waals surface area contributed by atoms with E-state index >= 15 is 0 Å². The Morgan fingerprint density at radius 2 is 1.33 bits per heavy atom. The fraction of sp³-hybridized carbons (Fsp3) is 0.171.